The van der Waals surface area contributed by atoms with Crippen molar-refractivity contribution in [1.82, 2.24) is 5.32 Å². The number of nitrogens with one attached hydrogen (secondary N) is 1. The molecular formula is C8H16ClNO2. The molecule has 4 heteroatoms. The zero-order valence-corrected chi connectivity index (χ0v) is 8.01. The second-order valence-electron chi connectivity index (χ2n) is 2.91. The van der Waals surface area contributed by atoms with Crippen LogP contribution in [0.1, 0.15) is 6.92 Å². The maximum atomic E-state index is 9.32. The minimum Gasteiger partial charge on any atom is -0.393 e. The van der Waals surface area contributed by atoms with Crippen LogP contribution < -0.4 is 5.32 Å². The maximum absolute atomic E-state index is 9.32. The van der Waals surface area contributed by atoms with E-state index >= 15 is 0 Å². The van der Waals surface area contributed by atoms with Crippen molar-refractivity contribution in [1.29, 1.82) is 0 Å². The molecular weight excluding hydrogens is 178 g/mol. The first-order chi connectivity index (χ1) is 5.62. The first kappa shape index (κ1) is 11.9. The molecule has 0 spiro atoms. The average Bonchev–Trinajstić information content (AvgIpc) is 2.04. The van der Waals surface area contributed by atoms with Gasteiger partial charge in [0.15, 0.2) is 0 Å². The van der Waals surface area contributed by atoms with Crippen LogP contribution in [-0.4, -0.2) is 41.4 Å². The summed E-state index contributed by atoms with van der Waals surface area (Å²) in [6.45, 7) is 2.36. The summed E-state index contributed by atoms with van der Waals surface area (Å²) in [7, 11) is 0. The van der Waals surface area contributed by atoms with Crippen LogP contribution in [0.25, 0.3) is 0 Å². The van der Waals surface area contributed by atoms with Crippen molar-refractivity contribution in [3.8, 4) is 0 Å². The molecule has 0 amide bonds. The second-order valence-corrected chi connectivity index (χ2v) is 3.22. The van der Waals surface area contributed by atoms with Crippen LogP contribution in [-0.2, 0) is 0 Å². The summed E-state index contributed by atoms with van der Waals surface area (Å²) in [5.41, 5.74) is -1.03. The molecule has 0 heterocycles. The van der Waals surface area contributed by atoms with E-state index in [9.17, 15) is 5.11 Å². The van der Waals surface area contributed by atoms with Crippen molar-refractivity contribution in [2.45, 2.75) is 12.5 Å². The largest absolute Gasteiger partial charge is 0.393 e. The Labute approximate surface area is 78.0 Å². The van der Waals surface area contributed by atoms with Gasteiger partial charge in [0.1, 0.15) is 0 Å². The summed E-state index contributed by atoms with van der Waals surface area (Å²) in [6.07, 6.45) is 3.70. The lowest BCUT2D eigenvalue weighted by Gasteiger charge is -2.19. The van der Waals surface area contributed by atoms with Gasteiger partial charge in [0.05, 0.1) is 12.2 Å². The monoisotopic (exact) mass is 193 g/mol. The fourth-order valence-electron chi connectivity index (χ4n) is 0.627. The molecule has 3 N–H and O–H groups in total. The SMILES string of the molecule is CC(O)(CO)CNC/C=C/CCl. The predicted octanol–water partition coefficient (Wildman–Crippen LogP) is 0.114. The molecule has 0 aromatic rings. The number of aliphatic hydroxyl groups excluding tert-OH is 1. The summed E-state index contributed by atoms with van der Waals surface area (Å²) in [4.78, 5) is 0. The molecule has 1 unspecified atom stereocenters. The number of alkyl halides is 1. The lowest BCUT2D eigenvalue weighted by atomic mass is 10.1. The molecule has 3 nitrogen and oxygen atoms in total. The Bertz CT molecular complexity index is 137. The Hall–Kier alpha value is -0.0900. The molecule has 0 aliphatic heterocycles. The van der Waals surface area contributed by atoms with Gasteiger partial charge in [-0.25, -0.2) is 0 Å². The molecule has 1 atom stereocenters. The van der Waals surface area contributed by atoms with Gasteiger partial charge in [0, 0.05) is 19.0 Å². The van der Waals surface area contributed by atoms with Crippen LogP contribution in [0.3, 0.4) is 0 Å². The molecule has 0 aliphatic carbocycles. The van der Waals surface area contributed by atoms with Crippen LogP contribution in [0.15, 0.2) is 12.2 Å². The minimum absolute atomic E-state index is 0.237. The summed E-state index contributed by atoms with van der Waals surface area (Å²) >= 11 is 5.39. The zero-order chi connectivity index (χ0) is 9.45. The van der Waals surface area contributed by atoms with Crippen molar-refractivity contribution < 1.29 is 10.2 Å². The van der Waals surface area contributed by atoms with E-state index in [0.717, 1.165) is 0 Å². The van der Waals surface area contributed by atoms with E-state index in [1.54, 1.807) is 6.92 Å². The number of rotatable bonds is 6. The first-order valence-corrected chi connectivity index (χ1v) is 4.41. The number of aliphatic hydroxyl groups is 2. The third-order valence-corrected chi connectivity index (χ3v) is 1.54. The Kier molecular flexibility index (Phi) is 6.38. The van der Waals surface area contributed by atoms with Gasteiger partial charge in [-0.3, -0.25) is 0 Å². The van der Waals surface area contributed by atoms with Crippen LogP contribution in [0, 0.1) is 0 Å². The van der Waals surface area contributed by atoms with Gasteiger partial charge in [0.2, 0.25) is 0 Å². The molecule has 0 aromatic heterocycles. The second kappa shape index (κ2) is 6.43. The number of halogens is 1. The minimum atomic E-state index is -1.03. The van der Waals surface area contributed by atoms with Gasteiger partial charge < -0.3 is 15.5 Å². The Balaban J connectivity index is 3.36. The van der Waals surface area contributed by atoms with E-state index in [-0.39, 0.29) is 6.61 Å². The quantitative estimate of drug-likeness (QED) is 0.319. The molecule has 12 heavy (non-hydrogen) atoms. The van der Waals surface area contributed by atoms with Crippen LogP contribution in [0.4, 0.5) is 0 Å². The van der Waals surface area contributed by atoms with Crippen molar-refractivity contribution in [3.05, 3.63) is 12.2 Å². The highest BCUT2D eigenvalue weighted by atomic mass is 35.5. The van der Waals surface area contributed by atoms with E-state index in [1.165, 1.54) is 0 Å². The van der Waals surface area contributed by atoms with Crippen molar-refractivity contribution in [2.24, 2.45) is 0 Å². The number of hydrogen-bond acceptors (Lipinski definition) is 3. The molecule has 0 aromatic carbocycles. The Morgan fingerprint density at radius 3 is 2.67 bits per heavy atom. The molecule has 0 radical (unpaired) electrons. The van der Waals surface area contributed by atoms with Crippen molar-refractivity contribution in [3.63, 3.8) is 0 Å². The van der Waals surface area contributed by atoms with Crippen LogP contribution in [0.2, 0.25) is 0 Å². The van der Waals surface area contributed by atoms with Gasteiger partial charge >= 0.3 is 0 Å². The third kappa shape index (κ3) is 6.61. The van der Waals surface area contributed by atoms with Gasteiger partial charge in [-0.1, -0.05) is 12.2 Å². The molecule has 0 saturated heterocycles. The average molecular weight is 194 g/mol. The van der Waals surface area contributed by atoms with E-state index in [1.807, 2.05) is 12.2 Å². The van der Waals surface area contributed by atoms with Crippen molar-refractivity contribution >= 4 is 11.6 Å². The van der Waals surface area contributed by atoms with Gasteiger partial charge in [-0.05, 0) is 6.92 Å². The summed E-state index contributed by atoms with van der Waals surface area (Å²) < 4.78 is 0. The third-order valence-electron chi connectivity index (χ3n) is 1.36. The lowest BCUT2D eigenvalue weighted by Crippen LogP contribution is -2.40. The molecule has 0 bridgehead atoms. The Morgan fingerprint density at radius 2 is 2.17 bits per heavy atom. The molecule has 72 valence electrons. The summed E-state index contributed by atoms with van der Waals surface area (Å²) in [5.74, 6) is 0.498. The molecule has 0 aliphatic rings. The van der Waals surface area contributed by atoms with E-state index in [0.29, 0.717) is 19.0 Å². The zero-order valence-electron chi connectivity index (χ0n) is 7.26. The van der Waals surface area contributed by atoms with Gasteiger partial charge in [-0.2, -0.15) is 0 Å². The molecule has 0 rings (SSSR count). The smallest absolute Gasteiger partial charge is 0.0972 e. The van der Waals surface area contributed by atoms with Crippen LogP contribution in [0.5, 0.6) is 0 Å². The normalized spacial score (nSPS) is 16.7. The Morgan fingerprint density at radius 1 is 1.50 bits per heavy atom. The standard InChI is InChI=1S/C8H16ClNO2/c1-8(12,7-11)6-10-5-3-2-4-9/h2-3,10-12H,4-7H2,1H3/b3-2+. The number of allylic oxidation sites excluding steroid dienone is 1. The highest BCUT2D eigenvalue weighted by Crippen LogP contribution is 1.97. The molecule has 0 saturated carbocycles. The highest BCUT2D eigenvalue weighted by molar-refractivity contribution is 6.18. The maximum Gasteiger partial charge on any atom is 0.0972 e. The highest BCUT2D eigenvalue weighted by Gasteiger charge is 2.17. The summed E-state index contributed by atoms with van der Waals surface area (Å²) in [5, 5.41) is 20.9. The molecule has 0 fully saturated rings. The fraction of sp³-hybridized carbons (Fsp3) is 0.750. The van der Waals surface area contributed by atoms with E-state index in [4.69, 9.17) is 16.7 Å². The van der Waals surface area contributed by atoms with Crippen molar-refractivity contribution in [2.75, 3.05) is 25.6 Å². The predicted molar refractivity (Wildman–Crippen MR) is 50.4 cm³/mol. The lowest BCUT2D eigenvalue weighted by molar-refractivity contribution is 0.00349. The van der Waals surface area contributed by atoms with Gasteiger partial charge in [0.25, 0.3) is 0 Å². The fourth-order valence-corrected chi connectivity index (χ4v) is 0.753. The topological polar surface area (TPSA) is 52.5 Å². The van der Waals surface area contributed by atoms with E-state index in [2.05, 4.69) is 5.32 Å². The van der Waals surface area contributed by atoms with E-state index < -0.39 is 5.60 Å². The van der Waals surface area contributed by atoms with Gasteiger partial charge in [-0.15, -0.1) is 11.6 Å². The number of hydrogen-bond donors (Lipinski definition) is 3. The summed E-state index contributed by atoms with van der Waals surface area (Å²) in [6, 6.07) is 0. The van der Waals surface area contributed by atoms with Crippen LogP contribution >= 0.6 is 11.6 Å². The first-order valence-electron chi connectivity index (χ1n) is 3.87.